The lowest BCUT2D eigenvalue weighted by Gasteiger charge is -2.17. The van der Waals surface area contributed by atoms with Crippen molar-refractivity contribution in [2.75, 3.05) is 29.6 Å². The number of amides is 1. The van der Waals surface area contributed by atoms with Crippen molar-refractivity contribution in [1.29, 1.82) is 0 Å². The van der Waals surface area contributed by atoms with Crippen molar-refractivity contribution in [3.8, 4) is 0 Å². The predicted octanol–water partition coefficient (Wildman–Crippen LogP) is 4.38. The molecule has 0 aromatic heterocycles. The van der Waals surface area contributed by atoms with Gasteiger partial charge in [0.15, 0.2) is 5.17 Å². The van der Waals surface area contributed by atoms with Gasteiger partial charge in [-0.25, -0.2) is 0 Å². The Morgan fingerprint density at radius 1 is 1.00 bits per heavy atom. The Kier molecular flexibility index (Phi) is 5.12. The first-order chi connectivity index (χ1) is 13.6. The highest BCUT2D eigenvalue weighted by atomic mass is 32.2. The van der Waals surface area contributed by atoms with E-state index in [-0.39, 0.29) is 5.91 Å². The molecule has 3 aromatic rings. The van der Waals surface area contributed by atoms with Gasteiger partial charge >= 0.3 is 0 Å². The Hall–Kier alpha value is -3.12. The zero-order valence-corrected chi connectivity index (χ0v) is 16.6. The van der Waals surface area contributed by atoms with Gasteiger partial charge in [-0.2, -0.15) is 5.10 Å². The van der Waals surface area contributed by atoms with E-state index in [0.29, 0.717) is 10.9 Å². The Labute approximate surface area is 168 Å². The molecular formula is C22H20N4OS. The SMILES string of the molecule is CN(C)c1ccc(/C=N/N=C2\SCC(=O)N2c2cccc3ccccc23)cc1. The third-order valence-corrected chi connectivity index (χ3v) is 5.45. The molecule has 0 saturated carbocycles. The van der Waals surface area contributed by atoms with Crippen molar-refractivity contribution in [2.24, 2.45) is 10.2 Å². The van der Waals surface area contributed by atoms with E-state index < -0.39 is 0 Å². The summed E-state index contributed by atoms with van der Waals surface area (Å²) in [5, 5.41) is 11.3. The molecule has 1 aliphatic rings. The average Bonchev–Trinajstić information content (AvgIpc) is 3.08. The number of amidine groups is 1. The van der Waals surface area contributed by atoms with Crippen LogP contribution in [-0.4, -0.2) is 37.1 Å². The van der Waals surface area contributed by atoms with Gasteiger partial charge in [0.25, 0.3) is 0 Å². The van der Waals surface area contributed by atoms with E-state index in [9.17, 15) is 4.79 Å². The number of anilines is 2. The molecule has 0 N–H and O–H groups in total. The summed E-state index contributed by atoms with van der Waals surface area (Å²) in [4.78, 5) is 16.2. The highest BCUT2D eigenvalue weighted by Crippen LogP contribution is 2.32. The Morgan fingerprint density at radius 2 is 1.75 bits per heavy atom. The van der Waals surface area contributed by atoms with E-state index in [2.05, 4.69) is 10.2 Å². The second-order valence-corrected chi connectivity index (χ2v) is 7.57. The van der Waals surface area contributed by atoms with Crippen LogP contribution in [0.4, 0.5) is 11.4 Å². The number of nitrogens with zero attached hydrogens (tertiary/aromatic N) is 4. The minimum atomic E-state index is 0.0191. The number of carbonyl (C=O) groups is 1. The number of hydrogen-bond acceptors (Lipinski definition) is 5. The van der Waals surface area contributed by atoms with Crippen molar-refractivity contribution in [3.63, 3.8) is 0 Å². The third-order valence-electron chi connectivity index (χ3n) is 4.53. The number of rotatable bonds is 4. The minimum absolute atomic E-state index is 0.0191. The Bertz CT molecular complexity index is 1070. The van der Waals surface area contributed by atoms with Crippen LogP contribution in [0.25, 0.3) is 10.8 Å². The minimum Gasteiger partial charge on any atom is -0.378 e. The molecule has 1 fully saturated rings. The molecule has 5 nitrogen and oxygen atoms in total. The molecule has 1 heterocycles. The van der Waals surface area contributed by atoms with Crippen molar-refractivity contribution in [3.05, 3.63) is 72.3 Å². The van der Waals surface area contributed by atoms with Gasteiger partial charge < -0.3 is 4.90 Å². The summed E-state index contributed by atoms with van der Waals surface area (Å²) in [5.41, 5.74) is 2.93. The Morgan fingerprint density at radius 3 is 2.54 bits per heavy atom. The van der Waals surface area contributed by atoms with Crippen LogP contribution in [-0.2, 0) is 4.79 Å². The van der Waals surface area contributed by atoms with E-state index in [1.54, 1.807) is 11.1 Å². The quantitative estimate of drug-likeness (QED) is 0.492. The van der Waals surface area contributed by atoms with Gasteiger partial charge in [0, 0.05) is 25.2 Å². The lowest BCUT2D eigenvalue weighted by Crippen LogP contribution is -2.29. The molecule has 0 atom stereocenters. The van der Waals surface area contributed by atoms with Crippen LogP contribution in [0.15, 0.2) is 76.9 Å². The molecule has 4 rings (SSSR count). The smallest absolute Gasteiger partial charge is 0.243 e. The van der Waals surface area contributed by atoms with Crippen LogP contribution in [0.2, 0.25) is 0 Å². The van der Waals surface area contributed by atoms with Gasteiger partial charge in [0.1, 0.15) is 0 Å². The summed E-state index contributed by atoms with van der Waals surface area (Å²) in [6.45, 7) is 0. The average molecular weight is 388 g/mol. The first-order valence-corrected chi connectivity index (χ1v) is 9.94. The first kappa shape index (κ1) is 18.3. The first-order valence-electron chi connectivity index (χ1n) is 8.95. The lowest BCUT2D eigenvalue weighted by atomic mass is 10.1. The Balaban J connectivity index is 1.62. The topological polar surface area (TPSA) is 48.3 Å². The number of carbonyl (C=O) groups excluding carboxylic acids is 1. The monoisotopic (exact) mass is 388 g/mol. The van der Waals surface area contributed by atoms with E-state index in [4.69, 9.17) is 0 Å². The molecule has 6 heteroatoms. The van der Waals surface area contributed by atoms with Crippen LogP contribution in [0.5, 0.6) is 0 Å². The number of hydrogen-bond donors (Lipinski definition) is 0. The summed E-state index contributed by atoms with van der Waals surface area (Å²) in [5.74, 6) is 0.389. The van der Waals surface area contributed by atoms with E-state index >= 15 is 0 Å². The van der Waals surface area contributed by atoms with Gasteiger partial charge in [0.2, 0.25) is 5.91 Å². The molecule has 0 spiro atoms. The van der Waals surface area contributed by atoms with Crippen LogP contribution in [0.3, 0.4) is 0 Å². The maximum atomic E-state index is 12.5. The highest BCUT2D eigenvalue weighted by Gasteiger charge is 2.30. The maximum Gasteiger partial charge on any atom is 0.243 e. The molecule has 1 saturated heterocycles. The molecule has 140 valence electrons. The fourth-order valence-corrected chi connectivity index (χ4v) is 3.90. The van der Waals surface area contributed by atoms with Gasteiger partial charge in [-0.1, -0.05) is 60.3 Å². The van der Waals surface area contributed by atoms with E-state index in [1.807, 2.05) is 85.7 Å². The van der Waals surface area contributed by atoms with Crippen molar-refractivity contribution >= 4 is 51.2 Å². The number of fused-ring (bicyclic) bond motifs is 1. The molecule has 3 aromatic carbocycles. The fourth-order valence-electron chi connectivity index (χ4n) is 3.08. The van der Waals surface area contributed by atoms with Crippen LogP contribution < -0.4 is 9.80 Å². The van der Waals surface area contributed by atoms with E-state index in [0.717, 1.165) is 27.7 Å². The van der Waals surface area contributed by atoms with Gasteiger partial charge in [-0.15, -0.1) is 5.10 Å². The number of benzene rings is 3. The predicted molar refractivity (Wildman–Crippen MR) is 120 cm³/mol. The van der Waals surface area contributed by atoms with Crippen molar-refractivity contribution < 1.29 is 4.79 Å². The zero-order valence-electron chi connectivity index (χ0n) is 15.7. The van der Waals surface area contributed by atoms with Gasteiger partial charge in [-0.3, -0.25) is 9.69 Å². The summed E-state index contributed by atoms with van der Waals surface area (Å²) >= 11 is 1.41. The molecule has 0 radical (unpaired) electrons. The molecule has 1 aliphatic heterocycles. The van der Waals surface area contributed by atoms with Crippen LogP contribution in [0, 0.1) is 0 Å². The summed E-state index contributed by atoms with van der Waals surface area (Å²) in [7, 11) is 4.01. The summed E-state index contributed by atoms with van der Waals surface area (Å²) < 4.78 is 0. The largest absolute Gasteiger partial charge is 0.378 e. The second kappa shape index (κ2) is 7.86. The molecule has 1 amide bonds. The normalized spacial score (nSPS) is 15.9. The van der Waals surface area contributed by atoms with Gasteiger partial charge in [0.05, 0.1) is 17.7 Å². The zero-order chi connectivity index (χ0) is 19.5. The second-order valence-electron chi connectivity index (χ2n) is 6.63. The maximum absolute atomic E-state index is 12.5. The molecular weight excluding hydrogens is 368 g/mol. The fraction of sp³-hybridized carbons (Fsp3) is 0.136. The van der Waals surface area contributed by atoms with E-state index in [1.165, 1.54) is 11.8 Å². The highest BCUT2D eigenvalue weighted by molar-refractivity contribution is 8.15. The standard InChI is InChI=1S/C22H20N4OS/c1-25(2)18-12-10-16(11-13-18)14-23-24-22-26(21(27)15-28-22)20-9-5-7-17-6-3-4-8-19(17)20/h3-14H,15H2,1-2H3/b23-14+,24-22-. The third kappa shape index (κ3) is 3.64. The molecule has 0 aliphatic carbocycles. The summed E-state index contributed by atoms with van der Waals surface area (Å²) in [6.07, 6.45) is 1.71. The van der Waals surface area contributed by atoms with Gasteiger partial charge in [-0.05, 0) is 29.1 Å². The molecule has 28 heavy (non-hydrogen) atoms. The van der Waals surface area contributed by atoms with Crippen LogP contribution in [0.1, 0.15) is 5.56 Å². The van der Waals surface area contributed by atoms with Crippen LogP contribution >= 0.6 is 11.8 Å². The number of thioether (sulfide) groups is 1. The molecule has 0 unspecified atom stereocenters. The molecule has 0 bridgehead atoms. The lowest BCUT2D eigenvalue weighted by molar-refractivity contribution is -0.115. The van der Waals surface area contributed by atoms with Crippen molar-refractivity contribution in [1.82, 2.24) is 0 Å². The summed E-state index contributed by atoms with van der Waals surface area (Å²) in [6, 6.07) is 22.0. The van der Waals surface area contributed by atoms with Crippen molar-refractivity contribution in [2.45, 2.75) is 0 Å².